The molecule has 1 fully saturated rings. The van der Waals surface area contributed by atoms with Crippen molar-refractivity contribution in [3.8, 4) is 5.69 Å². The van der Waals surface area contributed by atoms with Crippen LogP contribution in [0, 0.1) is 24.6 Å². The number of hydrogen-bond donors (Lipinski definition) is 2. The number of hydrogen-bond acceptors (Lipinski definition) is 2. The molecule has 2 heterocycles. The monoisotopic (exact) mass is 405 g/mol. The van der Waals surface area contributed by atoms with E-state index in [0.717, 1.165) is 46.0 Å². The third kappa shape index (κ3) is 2.90. The van der Waals surface area contributed by atoms with E-state index in [1.807, 2.05) is 12.1 Å². The van der Waals surface area contributed by atoms with Crippen molar-refractivity contribution in [2.45, 2.75) is 39.5 Å². The number of carbonyl (C=O) groups is 1. The van der Waals surface area contributed by atoms with E-state index in [9.17, 15) is 14.3 Å². The second-order valence-electron chi connectivity index (χ2n) is 8.76. The Bertz CT molecular complexity index is 1300. The summed E-state index contributed by atoms with van der Waals surface area (Å²) in [6.45, 7) is 6.08. The van der Waals surface area contributed by atoms with Crippen molar-refractivity contribution in [3.05, 3.63) is 59.2 Å². The number of nitrogens with zero attached hydrogens (tertiary/aromatic N) is 2. The lowest BCUT2D eigenvalue weighted by Crippen LogP contribution is -2.06. The Morgan fingerprint density at radius 2 is 2.13 bits per heavy atom. The molecule has 0 amide bonds. The first kappa shape index (κ1) is 18.9. The van der Waals surface area contributed by atoms with Gasteiger partial charge in [0, 0.05) is 22.2 Å². The number of aliphatic carboxylic acids is 1. The van der Waals surface area contributed by atoms with Crippen molar-refractivity contribution in [3.63, 3.8) is 0 Å². The van der Waals surface area contributed by atoms with Gasteiger partial charge in [-0.05, 0) is 73.1 Å². The lowest BCUT2D eigenvalue weighted by Gasteiger charge is -2.16. The highest BCUT2D eigenvalue weighted by Gasteiger charge is 2.44. The maximum Gasteiger partial charge on any atom is 0.306 e. The van der Waals surface area contributed by atoms with Gasteiger partial charge in [0.25, 0.3) is 0 Å². The molecule has 1 aliphatic rings. The predicted molar refractivity (Wildman–Crippen MR) is 115 cm³/mol. The molecule has 5 nitrogen and oxygen atoms in total. The number of aromatic nitrogens is 3. The molecule has 1 aliphatic carbocycles. The van der Waals surface area contributed by atoms with Crippen LogP contribution in [0.3, 0.4) is 0 Å². The minimum atomic E-state index is -0.708. The SMILES string of the molecule is Cc1cc(-n2c(C(C)C)c(CC3CC3C(=O)O)c3cc4[nH]ncc4cc32)ccc1F. The zero-order valence-corrected chi connectivity index (χ0v) is 17.2. The standard InChI is InChI=1S/C24H24FN3O2/c1-12(2)23-19(8-14-7-17(14)24(29)30)18-10-21-15(11-26-27-21)9-22(18)28(23)16-4-5-20(25)13(3)6-16/h4-6,9-12,14,17H,7-8H2,1-3H3,(H,26,27)(H,29,30). The van der Waals surface area contributed by atoms with E-state index in [2.05, 4.69) is 40.7 Å². The highest BCUT2D eigenvalue weighted by atomic mass is 19.1. The maximum atomic E-state index is 14.0. The molecule has 0 aliphatic heterocycles. The highest BCUT2D eigenvalue weighted by molar-refractivity contribution is 5.98. The molecule has 2 atom stereocenters. The summed E-state index contributed by atoms with van der Waals surface area (Å²) < 4.78 is 16.2. The zero-order valence-electron chi connectivity index (χ0n) is 17.2. The Morgan fingerprint density at radius 1 is 1.33 bits per heavy atom. The fourth-order valence-corrected chi connectivity index (χ4v) is 4.71. The average molecular weight is 405 g/mol. The number of carboxylic acid groups (broad SMARTS) is 1. The molecule has 2 unspecified atom stereocenters. The van der Waals surface area contributed by atoms with Crippen LogP contribution in [0.4, 0.5) is 4.39 Å². The summed E-state index contributed by atoms with van der Waals surface area (Å²) in [7, 11) is 0. The van der Waals surface area contributed by atoms with Gasteiger partial charge in [0.05, 0.1) is 23.1 Å². The number of fused-ring (bicyclic) bond motifs is 2. The van der Waals surface area contributed by atoms with E-state index in [1.54, 1.807) is 13.1 Å². The maximum absolute atomic E-state index is 14.0. The number of rotatable bonds is 5. The van der Waals surface area contributed by atoms with Gasteiger partial charge in [-0.3, -0.25) is 9.89 Å². The minimum absolute atomic E-state index is 0.159. The molecule has 2 N–H and O–H groups in total. The minimum Gasteiger partial charge on any atom is -0.481 e. The summed E-state index contributed by atoms with van der Waals surface area (Å²) in [5.41, 5.74) is 5.86. The predicted octanol–water partition coefficient (Wildman–Crippen LogP) is 5.34. The Kier molecular flexibility index (Phi) is 4.20. The van der Waals surface area contributed by atoms with Gasteiger partial charge in [0.15, 0.2) is 0 Å². The second-order valence-corrected chi connectivity index (χ2v) is 8.76. The van der Waals surface area contributed by atoms with Crippen molar-refractivity contribution in [2.75, 3.05) is 0 Å². The van der Waals surface area contributed by atoms with Crippen molar-refractivity contribution in [2.24, 2.45) is 11.8 Å². The Hall–Kier alpha value is -3.15. The second kappa shape index (κ2) is 6.69. The van der Waals surface area contributed by atoms with Gasteiger partial charge in [0.2, 0.25) is 0 Å². The van der Waals surface area contributed by atoms with Gasteiger partial charge in [-0.1, -0.05) is 13.8 Å². The molecule has 2 aromatic heterocycles. The van der Waals surface area contributed by atoms with Gasteiger partial charge >= 0.3 is 5.97 Å². The van der Waals surface area contributed by atoms with E-state index < -0.39 is 5.97 Å². The molecule has 5 rings (SSSR count). The topological polar surface area (TPSA) is 70.9 Å². The van der Waals surface area contributed by atoms with Crippen LogP contribution >= 0.6 is 0 Å². The Balaban J connectivity index is 1.79. The van der Waals surface area contributed by atoms with E-state index in [0.29, 0.717) is 5.56 Å². The number of benzene rings is 2. The first-order valence-corrected chi connectivity index (χ1v) is 10.3. The van der Waals surface area contributed by atoms with Crippen LogP contribution in [0.1, 0.15) is 43.0 Å². The molecule has 154 valence electrons. The number of H-pyrrole nitrogens is 1. The summed E-state index contributed by atoms with van der Waals surface area (Å²) >= 11 is 0. The molecule has 0 saturated heterocycles. The number of nitrogens with one attached hydrogen (secondary N) is 1. The summed E-state index contributed by atoms with van der Waals surface area (Å²) in [5, 5.41) is 18.7. The third-order valence-corrected chi connectivity index (χ3v) is 6.33. The van der Waals surface area contributed by atoms with Gasteiger partial charge in [0.1, 0.15) is 5.82 Å². The Morgan fingerprint density at radius 3 is 2.80 bits per heavy atom. The van der Waals surface area contributed by atoms with E-state index >= 15 is 0 Å². The molecule has 0 radical (unpaired) electrons. The van der Waals surface area contributed by atoms with Crippen LogP contribution in [0.25, 0.3) is 27.5 Å². The van der Waals surface area contributed by atoms with Crippen LogP contribution in [0.5, 0.6) is 0 Å². The van der Waals surface area contributed by atoms with E-state index in [-0.39, 0.29) is 23.6 Å². The van der Waals surface area contributed by atoms with Crippen LogP contribution in [-0.2, 0) is 11.2 Å². The van der Waals surface area contributed by atoms with Crippen LogP contribution in [-0.4, -0.2) is 25.8 Å². The molecule has 30 heavy (non-hydrogen) atoms. The van der Waals surface area contributed by atoms with Crippen molar-refractivity contribution < 1.29 is 14.3 Å². The third-order valence-electron chi connectivity index (χ3n) is 6.33. The molecule has 6 heteroatoms. The zero-order chi connectivity index (χ0) is 21.2. The lowest BCUT2D eigenvalue weighted by atomic mass is 9.97. The fourth-order valence-electron chi connectivity index (χ4n) is 4.71. The molecule has 1 saturated carbocycles. The van der Waals surface area contributed by atoms with Crippen molar-refractivity contribution in [1.29, 1.82) is 0 Å². The van der Waals surface area contributed by atoms with Gasteiger partial charge < -0.3 is 9.67 Å². The normalized spacial score (nSPS) is 18.6. The first-order chi connectivity index (χ1) is 14.3. The smallest absolute Gasteiger partial charge is 0.306 e. The fraction of sp³-hybridized carbons (Fsp3) is 0.333. The average Bonchev–Trinajstić information content (AvgIpc) is 3.20. The highest BCUT2D eigenvalue weighted by Crippen LogP contribution is 2.45. The van der Waals surface area contributed by atoms with Crippen LogP contribution in [0.2, 0.25) is 0 Å². The van der Waals surface area contributed by atoms with Gasteiger partial charge in [-0.2, -0.15) is 5.10 Å². The molecule has 2 aromatic carbocycles. The lowest BCUT2D eigenvalue weighted by molar-refractivity contribution is -0.138. The summed E-state index contributed by atoms with van der Waals surface area (Å²) in [6.07, 6.45) is 3.26. The molecular weight excluding hydrogens is 381 g/mol. The van der Waals surface area contributed by atoms with Gasteiger partial charge in [-0.25, -0.2) is 4.39 Å². The van der Waals surface area contributed by atoms with Crippen molar-refractivity contribution >= 4 is 27.8 Å². The van der Waals surface area contributed by atoms with E-state index in [4.69, 9.17) is 0 Å². The van der Waals surface area contributed by atoms with Gasteiger partial charge in [-0.15, -0.1) is 0 Å². The number of aryl methyl sites for hydroxylation is 1. The summed E-state index contributed by atoms with van der Waals surface area (Å²) in [5.74, 6) is -0.809. The molecular formula is C24H24FN3O2. The Labute approximate surface area is 173 Å². The van der Waals surface area contributed by atoms with E-state index in [1.165, 1.54) is 11.6 Å². The number of halogens is 1. The molecule has 0 bridgehead atoms. The summed E-state index contributed by atoms with van der Waals surface area (Å²) in [4.78, 5) is 11.4. The quantitative estimate of drug-likeness (QED) is 0.471. The largest absolute Gasteiger partial charge is 0.481 e. The van der Waals surface area contributed by atoms with Crippen LogP contribution in [0.15, 0.2) is 36.5 Å². The summed E-state index contributed by atoms with van der Waals surface area (Å²) in [6, 6.07) is 9.43. The number of aromatic amines is 1. The molecule has 0 spiro atoms. The van der Waals surface area contributed by atoms with Crippen molar-refractivity contribution in [1.82, 2.24) is 14.8 Å². The first-order valence-electron chi connectivity index (χ1n) is 10.3. The molecule has 4 aromatic rings. The number of carboxylic acids is 1. The van der Waals surface area contributed by atoms with Crippen LogP contribution < -0.4 is 0 Å².